The van der Waals surface area contributed by atoms with Crippen molar-refractivity contribution in [2.45, 2.75) is 26.2 Å². The third-order valence-corrected chi connectivity index (χ3v) is 3.52. The maximum Gasteiger partial charge on any atom is 0.218 e. The predicted molar refractivity (Wildman–Crippen MR) is 71.9 cm³/mol. The summed E-state index contributed by atoms with van der Waals surface area (Å²) in [5.74, 6) is 3.15. The number of nitrogens with zero attached hydrogens (tertiary/aromatic N) is 3. The molecule has 2 heterocycles. The van der Waals surface area contributed by atoms with Crippen molar-refractivity contribution < 1.29 is 4.74 Å². The van der Waals surface area contributed by atoms with Crippen LogP contribution in [-0.2, 0) is 0 Å². The molecule has 0 saturated carbocycles. The van der Waals surface area contributed by atoms with E-state index in [9.17, 15) is 0 Å². The summed E-state index contributed by atoms with van der Waals surface area (Å²) in [6, 6.07) is 1.91. The van der Waals surface area contributed by atoms with Gasteiger partial charge in [0.1, 0.15) is 11.6 Å². The molecular weight excluding hydrogens is 228 g/mol. The Balaban J connectivity index is 2.02. The molecule has 0 bridgehead atoms. The lowest BCUT2D eigenvalue weighted by molar-refractivity contribution is 0.381. The molecule has 5 heteroatoms. The molecule has 1 aromatic heterocycles. The van der Waals surface area contributed by atoms with E-state index in [1.54, 1.807) is 7.11 Å². The van der Waals surface area contributed by atoms with Crippen molar-refractivity contribution in [1.82, 2.24) is 9.97 Å². The van der Waals surface area contributed by atoms with Crippen molar-refractivity contribution in [2.75, 3.05) is 31.6 Å². The van der Waals surface area contributed by atoms with Gasteiger partial charge in [0.15, 0.2) is 0 Å². The molecule has 1 aliphatic rings. The second kappa shape index (κ2) is 6.00. The number of hydrogen-bond donors (Lipinski definition) is 1. The minimum atomic E-state index is 0.640. The lowest BCUT2D eigenvalue weighted by atomic mass is 9.94. The molecule has 0 radical (unpaired) electrons. The molecule has 1 aliphatic heterocycles. The van der Waals surface area contributed by atoms with E-state index >= 15 is 0 Å². The number of hydrogen-bond acceptors (Lipinski definition) is 5. The Kier molecular flexibility index (Phi) is 4.36. The largest absolute Gasteiger partial charge is 0.481 e. The van der Waals surface area contributed by atoms with Crippen LogP contribution < -0.4 is 15.4 Å². The highest BCUT2D eigenvalue weighted by Crippen LogP contribution is 2.25. The summed E-state index contributed by atoms with van der Waals surface area (Å²) >= 11 is 0. The number of piperidine rings is 1. The molecule has 1 saturated heterocycles. The van der Waals surface area contributed by atoms with Crippen LogP contribution in [0.3, 0.4) is 0 Å². The Morgan fingerprint density at radius 1 is 1.39 bits per heavy atom. The number of nitrogens with two attached hydrogens (primary N) is 1. The molecule has 0 aromatic carbocycles. The molecule has 100 valence electrons. The number of ether oxygens (including phenoxy) is 1. The van der Waals surface area contributed by atoms with E-state index in [0.29, 0.717) is 5.88 Å². The van der Waals surface area contributed by atoms with Gasteiger partial charge in [0.05, 0.1) is 7.11 Å². The lowest BCUT2D eigenvalue weighted by Crippen LogP contribution is -2.35. The second-order valence-corrected chi connectivity index (χ2v) is 4.82. The van der Waals surface area contributed by atoms with E-state index < -0.39 is 0 Å². The van der Waals surface area contributed by atoms with Crippen LogP contribution >= 0.6 is 0 Å². The molecule has 5 nitrogen and oxygen atoms in total. The summed E-state index contributed by atoms with van der Waals surface area (Å²) in [5, 5.41) is 0. The Morgan fingerprint density at radius 3 is 2.72 bits per heavy atom. The first-order valence-corrected chi connectivity index (χ1v) is 6.57. The maximum atomic E-state index is 5.61. The fourth-order valence-electron chi connectivity index (χ4n) is 2.48. The van der Waals surface area contributed by atoms with Crippen LogP contribution in [-0.4, -0.2) is 36.7 Å². The molecule has 2 N–H and O–H groups in total. The lowest BCUT2D eigenvalue weighted by Gasteiger charge is -2.32. The van der Waals surface area contributed by atoms with Crippen LogP contribution in [0.2, 0.25) is 0 Å². The van der Waals surface area contributed by atoms with Crippen LogP contribution in [0.5, 0.6) is 5.88 Å². The predicted octanol–water partition coefficient (Wildman–Crippen LogP) is 1.36. The smallest absolute Gasteiger partial charge is 0.218 e. The standard InChI is InChI=1S/C13H22N4O/c1-10-15-12(9-13(16-10)18-2)17-7-4-11(3-6-14)5-8-17/h9,11H,3-8,14H2,1-2H3. The van der Waals surface area contributed by atoms with Gasteiger partial charge in [0.25, 0.3) is 0 Å². The Hall–Kier alpha value is -1.36. The Labute approximate surface area is 108 Å². The van der Waals surface area contributed by atoms with E-state index in [4.69, 9.17) is 10.5 Å². The monoisotopic (exact) mass is 250 g/mol. The van der Waals surface area contributed by atoms with E-state index in [0.717, 1.165) is 43.6 Å². The highest BCUT2D eigenvalue weighted by atomic mass is 16.5. The number of aryl methyl sites for hydroxylation is 1. The van der Waals surface area contributed by atoms with Crippen LogP contribution in [0.15, 0.2) is 6.07 Å². The van der Waals surface area contributed by atoms with Crippen molar-refractivity contribution in [2.24, 2.45) is 11.7 Å². The maximum absolute atomic E-state index is 5.61. The highest BCUT2D eigenvalue weighted by Gasteiger charge is 2.20. The fourth-order valence-corrected chi connectivity index (χ4v) is 2.48. The average molecular weight is 250 g/mol. The number of rotatable bonds is 4. The normalized spacial score (nSPS) is 16.9. The van der Waals surface area contributed by atoms with Crippen molar-refractivity contribution in [3.05, 3.63) is 11.9 Å². The third kappa shape index (κ3) is 3.10. The van der Waals surface area contributed by atoms with E-state index in [2.05, 4.69) is 14.9 Å². The summed E-state index contributed by atoms with van der Waals surface area (Å²) in [4.78, 5) is 11.0. The van der Waals surface area contributed by atoms with Gasteiger partial charge in [-0.3, -0.25) is 0 Å². The Morgan fingerprint density at radius 2 is 2.11 bits per heavy atom. The topological polar surface area (TPSA) is 64.3 Å². The Bertz CT molecular complexity index is 389. The van der Waals surface area contributed by atoms with Gasteiger partial charge >= 0.3 is 0 Å². The van der Waals surface area contributed by atoms with Crippen molar-refractivity contribution >= 4 is 5.82 Å². The second-order valence-electron chi connectivity index (χ2n) is 4.82. The SMILES string of the molecule is COc1cc(N2CCC(CCN)CC2)nc(C)n1. The van der Waals surface area contributed by atoms with Gasteiger partial charge in [0, 0.05) is 19.2 Å². The summed E-state index contributed by atoms with van der Waals surface area (Å²) in [5.41, 5.74) is 5.61. The first-order valence-electron chi connectivity index (χ1n) is 6.57. The summed E-state index contributed by atoms with van der Waals surface area (Å²) in [6.45, 7) is 4.78. The number of methoxy groups -OCH3 is 1. The molecule has 0 atom stereocenters. The van der Waals surface area contributed by atoms with Crippen LogP contribution in [0.1, 0.15) is 25.1 Å². The van der Waals surface area contributed by atoms with Crippen molar-refractivity contribution in [1.29, 1.82) is 0 Å². The molecular formula is C13H22N4O. The quantitative estimate of drug-likeness (QED) is 0.874. The van der Waals surface area contributed by atoms with Gasteiger partial charge in [-0.1, -0.05) is 0 Å². The molecule has 0 unspecified atom stereocenters. The zero-order valence-electron chi connectivity index (χ0n) is 11.2. The van der Waals surface area contributed by atoms with Crippen LogP contribution in [0.4, 0.5) is 5.82 Å². The minimum absolute atomic E-state index is 0.640. The number of anilines is 1. The van der Waals surface area contributed by atoms with Gasteiger partial charge in [-0.15, -0.1) is 0 Å². The highest BCUT2D eigenvalue weighted by molar-refractivity contribution is 5.42. The zero-order chi connectivity index (χ0) is 13.0. The first-order chi connectivity index (χ1) is 8.72. The third-order valence-electron chi connectivity index (χ3n) is 3.52. The van der Waals surface area contributed by atoms with Gasteiger partial charge in [0.2, 0.25) is 5.88 Å². The fraction of sp³-hybridized carbons (Fsp3) is 0.692. The first kappa shape index (κ1) is 13.1. The number of aromatic nitrogens is 2. The molecule has 0 amide bonds. The van der Waals surface area contributed by atoms with E-state index in [-0.39, 0.29) is 0 Å². The summed E-state index contributed by atoms with van der Waals surface area (Å²) in [6.07, 6.45) is 3.53. The van der Waals surface area contributed by atoms with Gasteiger partial charge in [-0.2, -0.15) is 4.98 Å². The zero-order valence-corrected chi connectivity index (χ0v) is 11.2. The molecule has 18 heavy (non-hydrogen) atoms. The summed E-state index contributed by atoms with van der Waals surface area (Å²) < 4.78 is 5.19. The van der Waals surface area contributed by atoms with Gasteiger partial charge in [-0.05, 0) is 38.6 Å². The average Bonchev–Trinajstić information content (AvgIpc) is 2.39. The van der Waals surface area contributed by atoms with Crippen LogP contribution in [0, 0.1) is 12.8 Å². The van der Waals surface area contributed by atoms with Crippen LogP contribution in [0.25, 0.3) is 0 Å². The molecule has 0 spiro atoms. The van der Waals surface area contributed by atoms with Crippen molar-refractivity contribution in [3.63, 3.8) is 0 Å². The molecule has 1 fully saturated rings. The van der Waals surface area contributed by atoms with E-state index in [1.165, 1.54) is 12.8 Å². The van der Waals surface area contributed by atoms with Gasteiger partial charge in [-0.25, -0.2) is 4.98 Å². The molecule has 2 rings (SSSR count). The minimum Gasteiger partial charge on any atom is -0.481 e. The van der Waals surface area contributed by atoms with Crippen molar-refractivity contribution in [3.8, 4) is 5.88 Å². The molecule has 1 aromatic rings. The summed E-state index contributed by atoms with van der Waals surface area (Å²) in [7, 11) is 1.64. The van der Waals surface area contributed by atoms with Gasteiger partial charge < -0.3 is 15.4 Å². The molecule has 0 aliphatic carbocycles. The van der Waals surface area contributed by atoms with E-state index in [1.807, 2.05) is 13.0 Å².